The zero-order chi connectivity index (χ0) is 12.7. The Balaban J connectivity index is 2.15. The van der Waals surface area contributed by atoms with Crippen molar-refractivity contribution < 1.29 is 0 Å². The Morgan fingerprint density at radius 1 is 1.39 bits per heavy atom. The number of aromatic nitrogens is 3. The van der Waals surface area contributed by atoms with Crippen LogP contribution in [0, 0.1) is 11.8 Å². The minimum atomic E-state index is 0.452. The second kappa shape index (κ2) is 4.54. The first-order chi connectivity index (χ1) is 8.72. The zero-order valence-electron chi connectivity index (χ0n) is 10.8. The number of nitrogens with zero attached hydrogens (tertiary/aromatic N) is 3. The third-order valence-electron chi connectivity index (χ3n) is 4.40. The molecule has 2 aromatic rings. The molecule has 96 valence electrons. The van der Waals surface area contributed by atoms with Crippen LogP contribution in [0.5, 0.6) is 0 Å². The van der Waals surface area contributed by atoms with E-state index in [1.165, 1.54) is 12.8 Å². The van der Waals surface area contributed by atoms with E-state index < -0.39 is 0 Å². The molecule has 0 N–H and O–H groups in total. The van der Waals surface area contributed by atoms with Crippen LogP contribution in [-0.4, -0.2) is 14.5 Å². The highest BCUT2D eigenvalue weighted by Crippen LogP contribution is 2.41. The number of imidazole rings is 1. The van der Waals surface area contributed by atoms with Crippen molar-refractivity contribution in [2.45, 2.75) is 38.6 Å². The summed E-state index contributed by atoms with van der Waals surface area (Å²) in [5.41, 5.74) is 1.94. The molecule has 0 aliphatic heterocycles. The fourth-order valence-electron chi connectivity index (χ4n) is 3.12. The van der Waals surface area contributed by atoms with Crippen molar-refractivity contribution in [3.8, 4) is 0 Å². The van der Waals surface area contributed by atoms with Crippen LogP contribution in [0.2, 0.25) is 0 Å². The summed E-state index contributed by atoms with van der Waals surface area (Å²) in [6.07, 6.45) is 4.32. The van der Waals surface area contributed by atoms with Gasteiger partial charge in [-0.15, -0.1) is 11.6 Å². The molecule has 0 bridgehead atoms. The van der Waals surface area contributed by atoms with Crippen molar-refractivity contribution in [1.82, 2.24) is 14.5 Å². The Kier molecular flexibility index (Phi) is 3.02. The molecule has 0 saturated heterocycles. The van der Waals surface area contributed by atoms with Gasteiger partial charge in [0.15, 0.2) is 5.65 Å². The summed E-state index contributed by atoms with van der Waals surface area (Å²) >= 11 is 6.05. The number of rotatable bonds is 2. The summed E-state index contributed by atoms with van der Waals surface area (Å²) in [6.45, 7) is 4.66. The van der Waals surface area contributed by atoms with Gasteiger partial charge in [0, 0.05) is 12.2 Å². The normalized spacial score (nSPS) is 28.1. The minimum Gasteiger partial charge on any atom is -0.308 e. The second-order valence-corrected chi connectivity index (χ2v) is 5.63. The summed E-state index contributed by atoms with van der Waals surface area (Å²) in [7, 11) is 0. The van der Waals surface area contributed by atoms with Crippen LogP contribution < -0.4 is 0 Å². The van der Waals surface area contributed by atoms with Gasteiger partial charge >= 0.3 is 0 Å². The van der Waals surface area contributed by atoms with Gasteiger partial charge in [-0.05, 0) is 36.8 Å². The van der Waals surface area contributed by atoms with Crippen LogP contribution >= 0.6 is 11.6 Å². The quantitative estimate of drug-likeness (QED) is 0.772. The lowest BCUT2D eigenvalue weighted by molar-refractivity contribution is 0.353. The molecule has 2 heterocycles. The SMILES string of the molecule is CC1CCC(n2c(CCl)nc3cccnc32)C1C. The molecular formula is C14H18ClN3. The van der Waals surface area contributed by atoms with E-state index in [1.807, 2.05) is 18.3 Å². The summed E-state index contributed by atoms with van der Waals surface area (Å²) in [4.78, 5) is 9.10. The molecular weight excluding hydrogens is 246 g/mol. The molecule has 1 aliphatic rings. The van der Waals surface area contributed by atoms with Gasteiger partial charge in [-0.1, -0.05) is 13.8 Å². The van der Waals surface area contributed by atoms with Crippen molar-refractivity contribution in [1.29, 1.82) is 0 Å². The Hall–Kier alpha value is -1.09. The maximum absolute atomic E-state index is 6.05. The van der Waals surface area contributed by atoms with Gasteiger partial charge in [0.05, 0.1) is 5.88 Å². The van der Waals surface area contributed by atoms with Gasteiger partial charge in [0.2, 0.25) is 0 Å². The number of halogens is 1. The van der Waals surface area contributed by atoms with Gasteiger partial charge < -0.3 is 4.57 Å². The zero-order valence-corrected chi connectivity index (χ0v) is 11.6. The van der Waals surface area contributed by atoms with Crippen LogP contribution in [0.15, 0.2) is 18.3 Å². The monoisotopic (exact) mass is 263 g/mol. The van der Waals surface area contributed by atoms with Crippen molar-refractivity contribution in [2.75, 3.05) is 0 Å². The predicted octanol–water partition coefficient (Wildman–Crippen LogP) is 3.78. The number of fused-ring (bicyclic) bond motifs is 1. The highest BCUT2D eigenvalue weighted by Gasteiger charge is 2.33. The Bertz CT molecular complexity index is 563. The molecule has 0 spiro atoms. The molecule has 3 unspecified atom stereocenters. The van der Waals surface area contributed by atoms with E-state index in [4.69, 9.17) is 11.6 Å². The maximum Gasteiger partial charge on any atom is 0.160 e. The van der Waals surface area contributed by atoms with E-state index in [9.17, 15) is 0 Å². The first kappa shape index (κ1) is 12.0. The molecule has 0 aromatic carbocycles. The predicted molar refractivity (Wildman–Crippen MR) is 73.7 cm³/mol. The van der Waals surface area contributed by atoms with Gasteiger partial charge in [-0.3, -0.25) is 0 Å². The van der Waals surface area contributed by atoms with Crippen molar-refractivity contribution in [2.24, 2.45) is 11.8 Å². The van der Waals surface area contributed by atoms with Crippen molar-refractivity contribution in [3.63, 3.8) is 0 Å². The first-order valence-electron chi connectivity index (χ1n) is 6.60. The van der Waals surface area contributed by atoms with Crippen LogP contribution in [0.25, 0.3) is 11.2 Å². The fraction of sp³-hybridized carbons (Fsp3) is 0.571. The lowest BCUT2D eigenvalue weighted by atomic mass is 9.97. The van der Waals surface area contributed by atoms with Gasteiger partial charge in [-0.25, -0.2) is 9.97 Å². The molecule has 1 aliphatic carbocycles. The van der Waals surface area contributed by atoms with Gasteiger partial charge in [-0.2, -0.15) is 0 Å². The van der Waals surface area contributed by atoms with Crippen LogP contribution in [0.3, 0.4) is 0 Å². The van der Waals surface area contributed by atoms with Crippen molar-refractivity contribution >= 4 is 22.8 Å². The fourth-order valence-corrected chi connectivity index (χ4v) is 3.31. The minimum absolute atomic E-state index is 0.452. The molecule has 3 atom stereocenters. The maximum atomic E-state index is 6.05. The Labute approximate surface area is 112 Å². The Morgan fingerprint density at radius 3 is 2.89 bits per heavy atom. The molecule has 0 amide bonds. The van der Waals surface area contributed by atoms with E-state index in [0.717, 1.165) is 22.9 Å². The molecule has 0 radical (unpaired) electrons. The largest absolute Gasteiger partial charge is 0.308 e. The molecule has 2 aromatic heterocycles. The first-order valence-corrected chi connectivity index (χ1v) is 7.13. The van der Waals surface area contributed by atoms with Crippen LogP contribution in [0.4, 0.5) is 0 Å². The molecule has 1 saturated carbocycles. The smallest absolute Gasteiger partial charge is 0.160 e. The molecule has 3 rings (SSSR count). The van der Waals surface area contributed by atoms with E-state index >= 15 is 0 Å². The standard InChI is InChI=1S/C14H18ClN3/c1-9-5-6-12(10(9)2)18-13(8-15)17-11-4-3-7-16-14(11)18/h3-4,7,9-10,12H,5-6,8H2,1-2H3. The molecule has 18 heavy (non-hydrogen) atoms. The van der Waals surface area contributed by atoms with Crippen LogP contribution in [-0.2, 0) is 5.88 Å². The lowest BCUT2D eigenvalue weighted by Gasteiger charge is -2.21. The van der Waals surface area contributed by atoms with Crippen LogP contribution in [0.1, 0.15) is 38.6 Å². The van der Waals surface area contributed by atoms with Crippen molar-refractivity contribution in [3.05, 3.63) is 24.2 Å². The number of hydrogen-bond donors (Lipinski definition) is 0. The van der Waals surface area contributed by atoms with E-state index in [2.05, 4.69) is 28.4 Å². The van der Waals surface area contributed by atoms with Gasteiger partial charge in [0.25, 0.3) is 0 Å². The summed E-state index contributed by atoms with van der Waals surface area (Å²) in [6, 6.07) is 4.43. The van der Waals surface area contributed by atoms with E-state index in [0.29, 0.717) is 17.8 Å². The topological polar surface area (TPSA) is 30.7 Å². The highest BCUT2D eigenvalue weighted by molar-refractivity contribution is 6.16. The van der Waals surface area contributed by atoms with Gasteiger partial charge in [0.1, 0.15) is 11.3 Å². The Morgan fingerprint density at radius 2 is 2.22 bits per heavy atom. The van der Waals surface area contributed by atoms with E-state index in [1.54, 1.807) is 0 Å². The summed E-state index contributed by atoms with van der Waals surface area (Å²) in [5, 5.41) is 0. The average Bonchev–Trinajstić information content (AvgIpc) is 2.91. The second-order valence-electron chi connectivity index (χ2n) is 5.36. The van der Waals surface area contributed by atoms with E-state index in [-0.39, 0.29) is 0 Å². The third-order valence-corrected chi connectivity index (χ3v) is 4.63. The number of pyridine rings is 1. The highest BCUT2D eigenvalue weighted by atomic mass is 35.5. The molecule has 4 heteroatoms. The summed E-state index contributed by atoms with van der Waals surface area (Å²) in [5.74, 6) is 2.83. The lowest BCUT2D eigenvalue weighted by Crippen LogP contribution is -2.17. The molecule has 1 fully saturated rings. The summed E-state index contributed by atoms with van der Waals surface area (Å²) < 4.78 is 2.27. The molecule has 3 nitrogen and oxygen atoms in total. The average molecular weight is 264 g/mol. The number of hydrogen-bond acceptors (Lipinski definition) is 2. The third kappa shape index (κ3) is 1.72. The number of alkyl halides is 1.